The van der Waals surface area contributed by atoms with Gasteiger partial charge >= 0.3 is 6.09 Å². The molecule has 1 aromatic carbocycles. The van der Waals surface area contributed by atoms with Crippen LogP contribution in [0.1, 0.15) is 46.7 Å². The third kappa shape index (κ3) is 6.44. The molecule has 0 radical (unpaired) electrons. The number of hydrogen-bond acceptors (Lipinski definition) is 7. The Balaban J connectivity index is 2.26. The molecule has 1 N–H and O–H groups in total. The third-order valence-electron chi connectivity index (χ3n) is 5.03. The Labute approximate surface area is 206 Å². The van der Waals surface area contributed by atoms with Crippen LogP contribution in [0, 0.1) is 11.8 Å². The second kappa shape index (κ2) is 10.1. The fraction of sp³-hybridized carbons (Fsp3) is 0.481. The summed E-state index contributed by atoms with van der Waals surface area (Å²) >= 11 is 0. The number of carbonyl (C=O) groups is 1. The number of hydrogen-bond donors (Lipinski definition) is 1. The van der Waals surface area contributed by atoms with E-state index in [2.05, 4.69) is 21.7 Å². The highest BCUT2D eigenvalue weighted by Crippen LogP contribution is 2.39. The molecular formula is C27H35N3O5. The Bertz CT molecular complexity index is 1280. The number of pyridine rings is 1. The topological polar surface area (TPSA) is 86.0 Å². The maximum atomic E-state index is 13.3. The number of carbonyl (C=O) groups excluding carboxylic acids is 1. The van der Waals surface area contributed by atoms with Crippen LogP contribution in [-0.4, -0.2) is 71.2 Å². The summed E-state index contributed by atoms with van der Waals surface area (Å²) in [4.78, 5) is 19.9. The van der Waals surface area contributed by atoms with E-state index in [0.717, 1.165) is 18.4 Å². The molecule has 2 aromatic heterocycles. The SMILES string of the molecule is COc1cc2c3c(C#CC(C)(C)O)nccc3n(C(=O)OC(C)(C)C)c2cc1OCCCN(C)C. The van der Waals surface area contributed by atoms with Crippen LogP contribution >= 0.6 is 0 Å². The molecule has 0 atom stereocenters. The van der Waals surface area contributed by atoms with Crippen molar-refractivity contribution in [1.29, 1.82) is 0 Å². The van der Waals surface area contributed by atoms with E-state index >= 15 is 0 Å². The first-order valence-electron chi connectivity index (χ1n) is 11.6. The standard InChI is InChI=1S/C27H35N3O5/c1-26(2,3)35-25(31)30-20-11-13-28-19(10-12-27(4,5)32)24(20)18-16-22(33-8)23(17-21(18)30)34-15-9-14-29(6)7/h11,13,16-17,32H,9,14-15H2,1-8H3. The molecule has 2 heterocycles. The van der Waals surface area contributed by atoms with Crippen molar-refractivity contribution in [3.8, 4) is 23.3 Å². The normalized spacial score (nSPS) is 12.1. The van der Waals surface area contributed by atoms with Gasteiger partial charge in [0.2, 0.25) is 0 Å². The van der Waals surface area contributed by atoms with Gasteiger partial charge in [-0.1, -0.05) is 5.92 Å². The molecule has 0 amide bonds. The quantitative estimate of drug-likeness (QED) is 0.412. The molecular weight excluding hydrogens is 446 g/mol. The largest absolute Gasteiger partial charge is 0.493 e. The fourth-order valence-electron chi connectivity index (χ4n) is 3.61. The first-order chi connectivity index (χ1) is 16.3. The highest BCUT2D eigenvalue weighted by Gasteiger charge is 2.25. The Kier molecular flexibility index (Phi) is 7.63. The molecule has 0 saturated carbocycles. The van der Waals surface area contributed by atoms with Gasteiger partial charge in [-0.25, -0.2) is 14.3 Å². The summed E-state index contributed by atoms with van der Waals surface area (Å²) in [6.45, 7) is 10.1. The van der Waals surface area contributed by atoms with Crippen molar-refractivity contribution in [1.82, 2.24) is 14.5 Å². The first kappa shape index (κ1) is 26.3. The van der Waals surface area contributed by atoms with Crippen molar-refractivity contribution >= 4 is 27.9 Å². The van der Waals surface area contributed by atoms with E-state index in [0.29, 0.717) is 40.2 Å². The lowest BCUT2D eigenvalue weighted by molar-refractivity contribution is 0.0551. The first-order valence-corrected chi connectivity index (χ1v) is 11.6. The zero-order valence-corrected chi connectivity index (χ0v) is 21.9. The average molecular weight is 482 g/mol. The van der Waals surface area contributed by atoms with Crippen LogP contribution in [0.5, 0.6) is 11.5 Å². The maximum absolute atomic E-state index is 13.3. The lowest BCUT2D eigenvalue weighted by Crippen LogP contribution is -2.27. The molecule has 3 aromatic rings. The molecule has 3 rings (SSSR count). The van der Waals surface area contributed by atoms with E-state index in [1.54, 1.807) is 39.3 Å². The van der Waals surface area contributed by atoms with E-state index in [1.165, 1.54) is 4.57 Å². The van der Waals surface area contributed by atoms with Crippen molar-refractivity contribution in [2.45, 2.75) is 52.2 Å². The number of aliphatic hydroxyl groups is 1. The number of methoxy groups -OCH3 is 1. The predicted molar refractivity (Wildman–Crippen MR) is 137 cm³/mol. The number of rotatable bonds is 6. The maximum Gasteiger partial charge on any atom is 0.419 e. The average Bonchev–Trinajstić information content (AvgIpc) is 3.06. The van der Waals surface area contributed by atoms with E-state index in [4.69, 9.17) is 14.2 Å². The van der Waals surface area contributed by atoms with Gasteiger partial charge in [-0.15, -0.1) is 0 Å². The minimum Gasteiger partial charge on any atom is -0.493 e. The van der Waals surface area contributed by atoms with Gasteiger partial charge in [0.05, 0.1) is 24.8 Å². The van der Waals surface area contributed by atoms with Crippen LogP contribution in [0.15, 0.2) is 24.4 Å². The lowest BCUT2D eigenvalue weighted by Gasteiger charge is -2.20. The van der Waals surface area contributed by atoms with Crippen molar-refractivity contribution in [2.24, 2.45) is 0 Å². The predicted octanol–water partition coefficient (Wildman–Crippen LogP) is 4.43. The van der Waals surface area contributed by atoms with Crippen molar-refractivity contribution in [2.75, 3.05) is 34.4 Å². The number of benzene rings is 1. The van der Waals surface area contributed by atoms with Gasteiger partial charge in [-0.05, 0) is 73.2 Å². The molecule has 0 saturated heterocycles. The number of fused-ring (bicyclic) bond motifs is 3. The van der Waals surface area contributed by atoms with Crippen molar-refractivity contribution < 1.29 is 24.1 Å². The number of nitrogens with zero attached hydrogens (tertiary/aromatic N) is 3. The van der Waals surface area contributed by atoms with E-state index < -0.39 is 17.3 Å². The molecule has 0 bridgehead atoms. The van der Waals surface area contributed by atoms with Gasteiger partial charge in [0, 0.05) is 29.6 Å². The minimum atomic E-state index is -1.20. The van der Waals surface area contributed by atoms with Gasteiger partial charge in [0.1, 0.15) is 16.9 Å². The monoisotopic (exact) mass is 481 g/mol. The Morgan fingerprint density at radius 3 is 2.46 bits per heavy atom. The second-order valence-corrected chi connectivity index (χ2v) is 10.2. The molecule has 0 unspecified atom stereocenters. The van der Waals surface area contributed by atoms with E-state index in [1.807, 2.05) is 40.9 Å². The van der Waals surface area contributed by atoms with Crippen LogP contribution in [0.2, 0.25) is 0 Å². The summed E-state index contributed by atoms with van der Waals surface area (Å²) in [6, 6.07) is 5.37. The summed E-state index contributed by atoms with van der Waals surface area (Å²) in [5.41, 5.74) is -0.251. The van der Waals surface area contributed by atoms with Crippen LogP contribution in [0.3, 0.4) is 0 Å². The Morgan fingerprint density at radius 2 is 1.86 bits per heavy atom. The summed E-state index contributed by atoms with van der Waals surface area (Å²) in [5.74, 6) is 6.85. The van der Waals surface area contributed by atoms with E-state index in [9.17, 15) is 9.90 Å². The zero-order valence-electron chi connectivity index (χ0n) is 21.9. The zero-order chi connectivity index (χ0) is 26.0. The molecule has 0 aliphatic rings. The van der Waals surface area contributed by atoms with Crippen molar-refractivity contribution in [3.63, 3.8) is 0 Å². The lowest BCUT2D eigenvalue weighted by atomic mass is 10.1. The summed E-state index contributed by atoms with van der Waals surface area (Å²) < 4.78 is 18.9. The molecule has 188 valence electrons. The molecule has 0 fully saturated rings. The molecule has 0 aliphatic heterocycles. The molecule has 0 spiro atoms. The fourth-order valence-corrected chi connectivity index (χ4v) is 3.61. The summed E-state index contributed by atoms with van der Waals surface area (Å²) in [7, 11) is 5.60. The second-order valence-electron chi connectivity index (χ2n) is 10.2. The van der Waals surface area contributed by atoms with Crippen LogP contribution in [0.4, 0.5) is 4.79 Å². The molecule has 0 aliphatic carbocycles. The van der Waals surface area contributed by atoms with Crippen LogP contribution in [-0.2, 0) is 4.74 Å². The van der Waals surface area contributed by atoms with E-state index in [-0.39, 0.29) is 0 Å². The van der Waals surface area contributed by atoms with Gasteiger partial charge in [0.25, 0.3) is 0 Å². The highest BCUT2D eigenvalue weighted by atomic mass is 16.6. The number of aromatic nitrogens is 2. The molecule has 35 heavy (non-hydrogen) atoms. The minimum absolute atomic E-state index is 0.443. The van der Waals surface area contributed by atoms with Crippen LogP contribution < -0.4 is 9.47 Å². The molecule has 8 heteroatoms. The van der Waals surface area contributed by atoms with Gasteiger partial charge in [-0.3, -0.25) is 0 Å². The Morgan fingerprint density at radius 1 is 1.14 bits per heavy atom. The third-order valence-corrected chi connectivity index (χ3v) is 5.03. The van der Waals surface area contributed by atoms with Gasteiger partial charge in [0.15, 0.2) is 11.5 Å². The summed E-state index contributed by atoms with van der Waals surface area (Å²) in [5, 5.41) is 11.5. The van der Waals surface area contributed by atoms with Gasteiger partial charge in [-0.2, -0.15) is 0 Å². The highest BCUT2D eigenvalue weighted by molar-refractivity contribution is 6.15. The molecule has 8 nitrogen and oxygen atoms in total. The van der Waals surface area contributed by atoms with Crippen molar-refractivity contribution in [3.05, 3.63) is 30.1 Å². The smallest absolute Gasteiger partial charge is 0.419 e. The summed E-state index contributed by atoms with van der Waals surface area (Å²) in [6.07, 6.45) is 1.91. The Hall–Kier alpha value is -3.28. The van der Waals surface area contributed by atoms with Crippen LogP contribution in [0.25, 0.3) is 21.8 Å². The number of ether oxygens (including phenoxy) is 3. The van der Waals surface area contributed by atoms with Gasteiger partial charge < -0.3 is 24.2 Å².